The molecule has 2 aromatic heterocycles. The monoisotopic (exact) mass is 373 g/mol. The zero-order valence-electron chi connectivity index (χ0n) is 12.9. The Labute approximate surface area is 143 Å². The lowest BCUT2D eigenvalue weighted by atomic mass is 9.51. The zero-order chi connectivity index (χ0) is 15.7. The quantitative estimate of drug-likeness (QED) is 0.871. The molecule has 0 radical (unpaired) electrons. The van der Waals surface area contributed by atoms with Gasteiger partial charge < -0.3 is 5.73 Å². The Morgan fingerprint density at radius 2 is 1.78 bits per heavy atom. The van der Waals surface area contributed by atoms with E-state index in [0.29, 0.717) is 16.3 Å². The van der Waals surface area contributed by atoms with Crippen molar-refractivity contribution in [2.24, 2.45) is 29.4 Å². The lowest BCUT2D eigenvalue weighted by Gasteiger charge is -2.54. The second kappa shape index (κ2) is 4.82. The first-order chi connectivity index (χ1) is 11.1. The average Bonchev–Trinajstić information content (AvgIpc) is 2.84. The van der Waals surface area contributed by atoms with Gasteiger partial charge in [0.05, 0.1) is 5.52 Å². The van der Waals surface area contributed by atoms with Gasteiger partial charge in [-0.25, -0.2) is 4.98 Å². The van der Waals surface area contributed by atoms with Crippen LogP contribution in [0.25, 0.3) is 5.52 Å². The van der Waals surface area contributed by atoms with E-state index in [9.17, 15) is 4.79 Å². The zero-order valence-corrected chi connectivity index (χ0v) is 14.5. The molecule has 4 aliphatic rings. The Kier molecular flexibility index (Phi) is 2.94. The van der Waals surface area contributed by atoms with Gasteiger partial charge in [0, 0.05) is 11.6 Å². The molecule has 0 aromatic carbocycles. The number of halogens is 1. The lowest BCUT2D eigenvalue weighted by Crippen LogP contribution is -2.44. The van der Waals surface area contributed by atoms with Crippen molar-refractivity contribution in [3.05, 3.63) is 34.3 Å². The van der Waals surface area contributed by atoms with Gasteiger partial charge in [0.2, 0.25) is 0 Å². The number of nitrogens with zero attached hydrogens (tertiary/aromatic N) is 2. The summed E-state index contributed by atoms with van der Waals surface area (Å²) in [6, 6.07) is 6.21. The lowest BCUT2D eigenvalue weighted by molar-refractivity contribution is -0.00456. The van der Waals surface area contributed by atoms with E-state index in [0.717, 1.165) is 29.2 Å². The van der Waals surface area contributed by atoms with Crippen LogP contribution in [0.4, 0.5) is 0 Å². The number of hydrogen-bond donors (Lipinski definition) is 1. The molecule has 2 heterocycles. The molecule has 2 aromatic rings. The van der Waals surface area contributed by atoms with Crippen LogP contribution in [0.15, 0.2) is 22.9 Å². The molecule has 120 valence electrons. The molecule has 1 amide bonds. The summed E-state index contributed by atoms with van der Waals surface area (Å²) in [4.78, 5) is 16.1. The summed E-state index contributed by atoms with van der Waals surface area (Å²) in [5.74, 6) is 3.64. The fraction of sp³-hybridized carbons (Fsp3) is 0.556. The van der Waals surface area contributed by atoms with Crippen LogP contribution < -0.4 is 5.73 Å². The maximum absolute atomic E-state index is 11.7. The standard InChI is InChI=1S/C18H20BrN3O/c19-18-21-16(17(20)23)14-3-1-2-13(22(14)18)15-11-5-9-4-10(7-11)8-12(15)6-9/h1-3,9-12,15H,4-8H2,(H2,20,23). The minimum atomic E-state index is -0.463. The topological polar surface area (TPSA) is 60.4 Å². The van der Waals surface area contributed by atoms with Crippen molar-refractivity contribution in [1.29, 1.82) is 0 Å². The molecule has 0 spiro atoms. The van der Waals surface area contributed by atoms with Crippen molar-refractivity contribution >= 4 is 27.4 Å². The maximum Gasteiger partial charge on any atom is 0.269 e. The van der Waals surface area contributed by atoms with Crippen LogP contribution in [0.3, 0.4) is 0 Å². The molecule has 0 aliphatic heterocycles. The van der Waals surface area contributed by atoms with Gasteiger partial charge in [0.15, 0.2) is 10.4 Å². The number of pyridine rings is 1. The summed E-state index contributed by atoms with van der Waals surface area (Å²) in [5, 5.41) is 0. The van der Waals surface area contributed by atoms with Crippen LogP contribution in [0.2, 0.25) is 0 Å². The van der Waals surface area contributed by atoms with Gasteiger partial charge >= 0.3 is 0 Å². The number of hydrogen-bond acceptors (Lipinski definition) is 2. The van der Waals surface area contributed by atoms with Gasteiger partial charge in [-0.2, -0.15) is 0 Å². The van der Waals surface area contributed by atoms with Crippen molar-refractivity contribution in [3.63, 3.8) is 0 Å². The molecule has 0 saturated heterocycles. The highest BCUT2D eigenvalue weighted by atomic mass is 79.9. The van der Waals surface area contributed by atoms with Crippen LogP contribution >= 0.6 is 15.9 Å². The van der Waals surface area contributed by atoms with E-state index in [1.54, 1.807) is 0 Å². The van der Waals surface area contributed by atoms with Gasteiger partial charge in [0.1, 0.15) is 0 Å². The molecule has 4 saturated carbocycles. The van der Waals surface area contributed by atoms with E-state index in [1.807, 2.05) is 6.07 Å². The summed E-state index contributed by atoms with van der Waals surface area (Å²) >= 11 is 3.55. The van der Waals surface area contributed by atoms with Crippen molar-refractivity contribution in [1.82, 2.24) is 9.38 Å². The molecular formula is C18H20BrN3O. The van der Waals surface area contributed by atoms with E-state index >= 15 is 0 Å². The van der Waals surface area contributed by atoms with E-state index in [4.69, 9.17) is 5.73 Å². The fourth-order valence-corrected chi connectivity index (χ4v) is 6.54. The van der Waals surface area contributed by atoms with Gasteiger partial charge in [-0.3, -0.25) is 9.20 Å². The Bertz CT molecular complexity index is 784. The smallest absolute Gasteiger partial charge is 0.269 e. The molecule has 2 N–H and O–H groups in total. The van der Waals surface area contributed by atoms with E-state index in [1.165, 1.54) is 37.8 Å². The van der Waals surface area contributed by atoms with Crippen molar-refractivity contribution in [3.8, 4) is 0 Å². The minimum Gasteiger partial charge on any atom is -0.364 e. The molecular weight excluding hydrogens is 354 g/mol. The number of fused-ring (bicyclic) bond motifs is 1. The number of amides is 1. The van der Waals surface area contributed by atoms with Crippen molar-refractivity contribution < 1.29 is 4.79 Å². The third kappa shape index (κ3) is 1.95. The molecule has 5 heteroatoms. The predicted octanol–water partition coefficient (Wildman–Crippen LogP) is 3.74. The Hall–Kier alpha value is -1.36. The number of primary amides is 1. The summed E-state index contributed by atoms with van der Waals surface area (Å²) < 4.78 is 2.82. The number of imidazole rings is 1. The first kappa shape index (κ1) is 14.0. The number of nitrogens with two attached hydrogens (primary N) is 1. The van der Waals surface area contributed by atoms with Crippen molar-refractivity contribution in [2.75, 3.05) is 0 Å². The molecule has 4 nitrogen and oxygen atoms in total. The largest absolute Gasteiger partial charge is 0.364 e. The molecule has 4 bridgehead atoms. The molecule has 4 aliphatic carbocycles. The normalized spacial score (nSPS) is 35.1. The Morgan fingerprint density at radius 3 is 2.39 bits per heavy atom. The molecule has 6 rings (SSSR count). The summed E-state index contributed by atoms with van der Waals surface area (Å²) in [6.45, 7) is 0. The first-order valence-corrected chi connectivity index (χ1v) is 9.37. The van der Waals surface area contributed by atoms with Crippen LogP contribution in [-0.2, 0) is 0 Å². The van der Waals surface area contributed by atoms with Crippen LogP contribution in [0, 0.1) is 23.7 Å². The fourth-order valence-electron chi connectivity index (χ4n) is 5.97. The Balaban J connectivity index is 1.68. The first-order valence-electron chi connectivity index (χ1n) is 8.58. The van der Waals surface area contributed by atoms with Crippen molar-refractivity contribution in [2.45, 2.75) is 38.0 Å². The van der Waals surface area contributed by atoms with E-state index < -0.39 is 5.91 Å². The Morgan fingerprint density at radius 1 is 1.13 bits per heavy atom. The summed E-state index contributed by atoms with van der Waals surface area (Å²) in [6.07, 6.45) is 6.97. The number of rotatable bonds is 2. The van der Waals surface area contributed by atoms with Crippen LogP contribution in [0.5, 0.6) is 0 Å². The number of aromatic nitrogens is 2. The molecule has 0 unspecified atom stereocenters. The second-order valence-corrected chi connectivity index (χ2v) is 8.43. The number of carbonyl (C=O) groups excluding carboxylic acids is 1. The van der Waals surface area contributed by atoms with Crippen LogP contribution in [-0.4, -0.2) is 15.3 Å². The van der Waals surface area contributed by atoms with E-state index in [-0.39, 0.29) is 0 Å². The highest BCUT2D eigenvalue weighted by Gasteiger charge is 2.49. The average molecular weight is 374 g/mol. The van der Waals surface area contributed by atoms with Gasteiger partial charge in [0.25, 0.3) is 5.91 Å². The van der Waals surface area contributed by atoms with E-state index in [2.05, 4.69) is 37.4 Å². The highest BCUT2D eigenvalue weighted by molar-refractivity contribution is 9.10. The number of carbonyl (C=O) groups is 1. The third-order valence-corrected chi connectivity index (χ3v) is 6.98. The molecule has 4 fully saturated rings. The minimum absolute atomic E-state index is 0.363. The predicted molar refractivity (Wildman–Crippen MR) is 91.2 cm³/mol. The maximum atomic E-state index is 11.7. The second-order valence-electron chi connectivity index (χ2n) is 7.72. The van der Waals surface area contributed by atoms with Crippen LogP contribution in [0.1, 0.15) is 54.2 Å². The van der Waals surface area contributed by atoms with Gasteiger partial charge in [-0.05, 0) is 83.8 Å². The summed E-state index contributed by atoms with van der Waals surface area (Å²) in [7, 11) is 0. The molecule has 23 heavy (non-hydrogen) atoms. The summed E-state index contributed by atoms with van der Waals surface area (Å²) in [5.41, 5.74) is 8.00. The SMILES string of the molecule is NC(=O)c1nc(Br)n2c(C3C4CC5CC(C4)CC3C5)cccc12. The van der Waals surface area contributed by atoms with Gasteiger partial charge in [-0.1, -0.05) is 6.07 Å². The van der Waals surface area contributed by atoms with Gasteiger partial charge in [-0.15, -0.1) is 0 Å². The molecule has 0 atom stereocenters. The highest BCUT2D eigenvalue weighted by Crippen LogP contribution is 2.59. The third-order valence-electron chi connectivity index (χ3n) is 6.45.